The van der Waals surface area contributed by atoms with Crippen molar-refractivity contribution in [3.8, 4) is 0 Å². The number of fused-ring (bicyclic) bond motifs is 7. The van der Waals surface area contributed by atoms with E-state index in [1.54, 1.807) is 0 Å². The van der Waals surface area contributed by atoms with E-state index >= 15 is 4.79 Å². The lowest BCUT2D eigenvalue weighted by Gasteiger charge is -2.71. The molecule has 46 atom stereocenters. The van der Waals surface area contributed by atoms with E-state index in [4.69, 9.17) is 80.5 Å². The van der Waals surface area contributed by atoms with Gasteiger partial charge in [-0.05, 0) is 136 Å². The summed E-state index contributed by atoms with van der Waals surface area (Å²) in [6.07, 6.45) is -58.3. The molecule has 0 radical (unpaired) electrons. The molecule has 0 bridgehead atoms. The maximum Gasteiger partial charge on any atom is 0.333 e. The van der Waals surface area contributed by atoms with Gasteiger partial charge in [0.25, 0.3) is 0 Å². The first-order chi connectivity index (χ1) is 58.6. The van der Waals surface area contributed by atoms with Gasteiger partial charge < -0.3 is 193 Å². The first-order valence-electron chi connectivity index (χ1n) is 43.6. The molecule has 41 heteroatoms. The average Bonchev–Trinajstić information content (AvgIpc) is 0.669. The van der Waals surface area contributed by atoms with E-state index in [0.717, 1.165) is 5.57 Å². The lowest BCUT2D eigenvalue weighted by molar-refractivity contribution is -0.401. The molecule has 8 aliphatic heterocycles. The molecule has 41 nitrogen and oxygen atoms in total. The third-order valence-electron chi connectivity index (χ3n) is 30.3. The molecule has 0 spiro atoms. The van der Waals surface area contributed by atoms with Gasteiger partial charge in [0.2, 0.25) is 6.29 Å². The maximum absolute atomic E-state index is 16.4. The number of ether oxygens (including phenoxy) is 17. The summed E-state index contributed by atoms with van der Waals surface area (Å²) in [5, 5.41) is 246. The van der Waals surface area contributed by atoms with Gasteiger partial charge in [0.05, 0.1) is 63.6 Å². The zero-order valence-corrected chi connectivity index (χ0v) is 71.9. The van der Waals surface area contributed by atoms with Gasteiger partial charge in [0.15, 0.2) is 50.1 Å². The molecule has 716 valence electrons. The molecule has 0 aromatic carbocycles. The SMILES string of the molecule is C=C[C@@](C)(O)CC/C=C(\C)C(=O)OC[C@H]1O[C@@H](OC(=O)[C@]23CCC(C)(C)C[C@H]2C2=CC[C@@H]4[C@@]5(C)CC[C@H](O[C@@H]6O[C@H](CO[C@H]7OC[C@@H](O)[C@@H](O)[C@@H]7O[C@@H]7OC[C@@H](O)[C@H](O)[C@H]7O)[C@H](O)[C@H](O)[C@H]6O)C(C)(C)[C@@H]5CC[C@@]4(C)[C@]2(C)C[C@H]3O)[C@H](O[C@@H]2O[C@@H](C)[C@H](O[C@@H]3OC[C@@H](O)[C@H](O[C@@H]4OC[C@@H](O)[C@H](O)[C@H]4O)[C@H]3O)[C@@H](O)[C@H]2O[C@@H]2O[C@H](CO)[C@@H](O)[C@H](O)[C@H]2O)[C@@H](O)[C@H]1O. The van der Waals surface area contributed by atoms with Crippen LogP contribution in [0.5, 0.6) is 0 Å². The topological polar surface area (TPSA) is 636 Å². The first kappa shape index (κ1) is 99.2. The van der Waals surface area contributed by atoms with Gasteiger partial charge >= 0.3 is 11.9 Å². The van der Waals surface area contributed by atoms with Crippen LogP contribution in [0, 0.1) is 50.2 Å². The highest BCUT2D eigenvalue weighted by Crippen LogP contribution is 2.76. The highest BCUT2D eigenvalue weighted by molar-refractivity contribution is 5.87. The van der Waals surface area contributed by atoms with E-state index in [1.165, 1.54) is 32.9 Å². The predicted molar refractivity (Wildman–Crippen MR) is 417 cm³/mol. The van der Waals surface area contributed by atoms with Crippen molar-refractivity contribution in [3.05, 3.63) is 36.0 Å². The van der Waals surface area contributed by atoms with Gasteiger partial charge in [-0.2, -0.15) is 0 Å². The van der Waals surface area contributed by atoms with Crippen molar-refractivity contribution in [1.82, 2.24) is 0 Å². The highest BCUT2D eigenvalue weighted by atomic mass is 16.8. The third kappa shape index (κ3) is 18.9. The number of esters is 2. The summed E-state index contributed by atoms with van der Waals surface area (Å²) in [5.74, 6) is -2.83. The Morgan fingerprint density at radius 2 is 1.01 bits per heavy atom. The summed E-state index contributed by atoms with van der Waals surface area (Å²) in [7, 11) is 0. The smallest absolute Gasteiger partial charge is 0.333 e. The van der Waals surface area contributed by atoms with Crippen LogP contribution in [0.25, 0.3) is 0 Å². The largest absolute Gasteiger partial charge is 0.459 e. The molecule has 22 N–H and O–H groups in total. The molecule has 0 amide bonds. The van der Waals surface area contributed by atoms with Crippen LogP contribution >= 0.6 is 0 Å². The Morgan fingerprint density at radius 1 is 0.504 bits per heavy atom. The van der Waals surface area contributed by atoms with E-state index in [0.29, 0.717) is 44.9 Å². The Balaban J connectivity index is 0.762. The van der Waals surface area contributed by atoms with Gasteiger partial charge in [0.1, 0.15) is 171 Å². The molecule has 13 rings (SSSR count). The van der Waals surface area contributed by atoms with Crippen molar-refractivity contribution >= 4 is 11.9 Å². The van der Waals surface area contributed by atoms with Gasteiger partial charge in [-0.15, -0.1) is 6.58 Å². The van der Waals surface area contributed by atoms with Crippen LogP contribution < -0.4 is 0 Å². The minimum absolute atomic E-state index is 0.0274. The number of hydrogen-bond acceptors (Lipinski definition) is 41. The number of hydrogen-bond donors (Lipinski definition) is 22. The molecular weight excluding hydrogens is 1660 g/mol. The van der Waals surface area contributed by atoms with Crippen LogP contribution in [0.2, 0.25) is 0 Å². The van der Waals surface area contributed by atoms with E-state index < -0.39 is 336 Å². The van der Waals surface area contributed by atoms with Gasteiger partial charge in [0, 0.05) is 5.57 Å². The summed E-state index contributed by atoms with van der Waals surface area (Å²) in [4.78, 5) is 30.2. The third-order valence-corrected chi connectivity index (χ3v) is 30.3. The zero-order chi connectivity index (χ0) is 91.4. The van der Waals surface area contributed by atoms with Crippen LogP contribution in [0.15, 0.2) is 36.0 Å². The number of aliphatic hydroxyl groups excluding tert-OH is 21. The van der Waals surface area contributed by atoms with Crippen molar-refractivity contribution < 1.29 is 202 Å². The highest BCUT2D eigenvalue weighted by Gasteiger charge is 2.73. The Kier molecular flexibility index (Phi) is 30.6. The van der Waals surface area contributed by atoms with Crippen LogP contribution in [0.1, 0.15) is 140 Å². The van der Waals surface area contributed by atoms with E-state index in [2.05, 4.69) is 61.1 Å². The fourth-order valence-corrected chi connectivity index (χ4v) is 22.3. The number of carbonyl (C=O) groups excluding carboxylic acids is 2. The second-order valence-electron chi connectivity index (χ2n) is 39.2. The van der Waals surface area contributed by atoms with E-state index in [1.807, 2.05) is 0 Å². The summed E-state index contributed by atoms with van der Waals surface area (Å²) in [5.41, 5.74) is -5.09. The lowest BCUT2D eigenvalue weighted by Crippen LogP contribution is -2.69. The minimum atomic E-state index is -2.25. The Bertz CT molecular complexity index is 3710. The predicted octanol–water partition coefficient (Wildman–Crippen LogP) is -5.97. The molecule has 0 aromatic rings. The van der Waals surface area contributed by atoms with Crippen molar-refractivity contribution in [3.63, 3.8) is 0 Å². The van der Waals surface area contributed by atoms with Crippen molar-refractivity contribution in [2.45, 2.75) is 379 Å². The Morgan fingerprint density at radius 3 is 1.63 bits per heavy atom. The summed E-state index contributed by atoms with van der Waals surface area (Å²) in [6, 6.07) is 0. The molecule has 12 fully saturated rings. The summed E-state index contributed by atoms with van der Waals surface area (Å²) < 4.78 is 103. The van der Waals surface area contributed by atoms with Crippen LogP contribution in [0.4, 0.5) is 0 Å². The van der Waals surface area contributed by atoms with Gasteiger partial charge in [-0.25, -0.2) is 4.79 Å². The lowest BCUT2D eigenvalue weighted by atomic mass is 9.33. The molecule has 0 aromatic heterocycles. The van der Waals surface area contributed by atoms with E-state index in [-0.39, 0.29) is 43.1 Å². The second-order valence-corrected chi connectivity index (χ2v) is 39.2. The minimum Gasteiger partial charge on any atom is -0.459 e. The number of carbonyl (C=O) groups is 2. The normalized spacial score (nSPS) is 51.2. The van der Waals surface area contributed by atoms with Crippen LogP contribution in [-0.4, -0.2) is 410 Å². The molecule has 0 unspecified atom stereocenters. The maximum atomic E-state index is 16.4. The van der Waals surface area contributed by atoms with Crippen LogP contribution in [-0.2, 0) is 90.1 Å². The first-order valence-corrected chi connectivity index (χ1v) is 43.6. The standard InChI is InChI=1S/C84H134O41/c1-12-80(8,108)19-13-14-33(2)68(106)109-31-42-53(96)56(99)66(124-75-67(123-73-60(103)54(97)51(94)41(26-85)116-73)61(104)63(34(3)115-75)120-71-62(105)64(40(89)30-112-71)121-69-57(100)48(91)37(86)27-110-69)76(118-42)125-77(107)84-23-22-78(4,5)24-36(84)35-15-16-45-81(9)20-18-47(79(6,7)44(81)17-21-82(45,10)83(35,11)25-46(84)90)119-72-59(102)55(98)52(95)43(117-72)32-114-74-65(50(93)39(88)29-113-74)122-70-58(101)49(92)38(87)28-111-70/h12,14-15,34,36-67,69-76,85-105,108H,1,13,16-32H2,2-11H3/b33-14+/t34-,36-,37+,38+,39+,40+,41+,42+,43+,44-,45+,46+,47-,48-,49-,50+,51+,52-,53-,54-,55-,56-,57+,58+,59+,60+,61+,62+,63-,64-,65-,66+,67+,69-,70-,71-,72-,73-,74+,75-,76-,80+,81-,82+,83+,84+/m0/s1. The second kappa shape index (κ2) is 38.6. The van der Waals surface area contributed by atoms with Gasteiger partial charge in [-0.3, -0.25) is 4.79 Å². The molecule has 4 saturated carbocycles. The number of aliphatic hydroxyl groups is 22. The molecule has 8 heterocycles. The molecular formula is C84H134O41. The fourth-order valence-electron chi connectivity index (χ4n) is 22.3. The van der Waals surface area contributed by atoms with Crippen molar-refractivity contribution in [2.24, 2.45) is 50.2 Å². The van der Waals surface area contributed by atoms with Crippen LogP contribution in [0.3, 0.4) is 0 Å². The summed E-state index contributed by atoms with van der Waals surface area (Å²) in [6.45, 7) is 18.5. The Hall–Kier alpha value is -3.32. The van der Waals surface area contributed by atoms with E-state index in [9.17, 15) is 117 Å². The zero-order valence-electron chi connectivity index (χ0n) is 71.9. The van der Waals surface area contributed by atoms with Crippen molar-refractivity contribution in [2.75, 3.05) is 46.2 Å². The summed E-state index contributed by atoms with van der Waals surface area (Å²) >= 11 is 0. The number of allylic oxidation sites excluding steroid dienone is 3. The van der Waals surface area contributed by atoms with Crippen molar-refractivity contribution in [1.29, 1.82) is 0 Å². The molecule has 125 heavy (non-hydrogen) atoms. The monoisotopic (exact) mass is 1800 g/mol. The number of rotatable bonds is 25. The fraction of sp³-hybridized carbons (Fsp3) is 0.905. The molecule has 8 saturated heterocycles. The Labute approximate surface area is 723 Å². The van der Waals surface area contributed by atoms with Gasteiger partial charge in [-0.1, -0.05) is 72.3 Å². The quantitative estimate of drug-likeness (QED) is 0.0175. The molecule has 13 aliphatic rings. The molecule has 5 aliphatic carbocycles. The average molecular weight is 1800 g/mol.